The van der Waals surface area contributed by atoms with Gasteiger partial charge in [0.05, 0.1) is 31.3 Å². The van der Waals surface area contributed by atoms with E-state index < -0.39 is 10.0 Å². The summed E-state index contributed by atoms with van der Waals surface area (Å²) in [6, 6.07) is 8.36. The molecule has 3 rings (SSSR count). The van der Waals surface area contributed by atoms with Crippen molar-refractivity contribution in [3.05, 3.63) is 45.2 Å². The maximum Gasteiger partial charge on any atom is 0.252 e. The number of carbonyl (C=O) groups excluding carboxylic acids is 1. The molecule has 1 aliphatic heterocycles. The molecular formula is C17H19BrN2O5S2. The first-order valence-corrected chi connectivity index (χ1v) is 11.2. The number of hydrogen-bond acceptors (Lipinski definition) is 6. The van der Waals surface area contributed by atoms with Crippen molar-refractivity contribution in [2.45, 2.75) is 10.8 Å². The minimum absolute atomic E-state index is 0.246. The van der Waals surface area contributed by atoms with Gasteiger partial charge in [-0.3, -0.25) is 4.79 Å². The quantitative estimate of drug-likeness (QED) is 0.694. The van der Waals surface area contributed by atoms with Gasteiger partial charge in [-0.25, -0.2) is 8.42 Å². The Morgan fingerprint density at radius 2 is 2.04 bits per heavy atom. The molecule has 7 nitrogen and oxygen atoms in total. The van der Waals surface area contributed by atoms with E-state index in [4.69, 9.17) is 9.47 Å². The Bertz CT molecular complexity index is 923. The SMILES string of the molecule is COc1ccc(C(=O)NCc2ccc(S(=O)(=O)N3CCOCC3)s2)cc1Br. The van der Waals surface area contributed by atoms with E-state index in [1.807, 2.05) is 0 Å². The van der Waals surface area contributed by atoms with Crippen LogP contribution < -0.4 is 10.1 Å². The van der Waals surface area contributed by atoms with E-state index in [1.165, 1.54) is 15.6 Å². The maximum absolute atomic E-state index is 12.6. The van der Waals surface area contributed by atoms with Crippen LogP contribution in [0.4, 0.5) is 0 Å². The summed E-state index contributed by atoms with van der Waals surface area (Å²) in [6.45, 7) is 1.79. The number of rotatable bonds is 6. The van der Waals surface area contributed by atoms with Crippen LogP contribution in [0.2, 0.25) is 0 Å². The summed E-state index contributed by atoms with van der Waals surface area (Å²) in [5.41, 5.74) is 0.486. The number of halogens is 1. The van der Waals surface area contributed by atoms with Gasteiger partial charge in [0.2, 0.25) is 0 Å². The molecule has 0 aliphatic carbocycles. The molecule has 0 saturated carbocycles. The molecule has 2 heterocycles. The Labute approximate surface area is 170 Å². The number of carbonyl (C=O) groups is 1. The van der Waals surface area contributed by atoms with Crippen LogP contribution in [-0.2, 0) is 21.3 Å². The lowest BCUT2D eigenvalue weighted by Gasteiger charge is -2.25. The van der Waals surface area contributed by atoms with Crippen molar-refractivity contribution in [3.8, 4) is 5.75 Å². The lowest BCUT2D eigenvalue weighted by Crippen LogP contribution is -2.40. The van der Waals surface area contributed by atoms with E-state index in [0.29, 0.717) is 42.1 Å². The summed E-state index contributed by atoms with van der Waals surface area (Å²) in [5.74, 6) is 0.395. The topological polar surface area (TPSA) is 84.9 Å². The molecule has 1 saturated heterocycles. The zero-order valence-electron chi connectivity index (χ0n) is 14.6. The van der Waals surface area contributed by atoms with E-state index in [1.54, 1.807) is 37.4 Å². The fourth-order valence-corrected chi connectivity index (χ4v) is 5.98. The third kappa shape index (κ3) is 4.69. The van der Waals surface area contributed by atoms with Crippen LogP contribution >= 0.6 is 27.3 Å². The van der Waals surface area contributed by atoms with Gasteiger partial charge in [0, 0.05) is 23.5 Å². The number of nitrogens with zero attached hydrogens (tertiary/aromatic N) is 1. The number of methoxy groups -OCH3 is 1. The molecule has 1 aromatic carbocycles. The minimum Gasteiger partial charge on any atom is -0.496 e. The molecular weight excluding hydrogens is 456 g/mol. The largest absolute Gasteiger partial charge is 0.496 e. The van der Waals surface area contributed by atoms with Gasteiger partial charge in [0.25, 0.3) is 15.9 Å². The molecule has 0 unspecified atom stereocenters. The third-order valence-corrected chi connectivity index (χ3v) is 8.11. The van der Waals surface area contributed by atoms with Gasteiger partial charge in [0.1, 0.15) is 9.96 Å². The predicted octanol–water partition coefficient (Wildman–Crippen LogP) is 2.47. The van der Waals surface area contributed by atoms with Crippen molar-refractivity contribution in [1.29, 1.82) is 0 Å². The fourth-order valence-electron chi connectivity index (χ4n) is 2.58. The molecule has 0 atom stereocenters. The smallest absolute Gasteiger partial charge is 0.252 e. The zero-order valence-corrected chi connectivity index (χ0v) is 17.8. The number of amides is 1. The summed E-state index contributed by atoms with van der Waals surface area (Å²) in [5, 5.41) is 2.81. The normalized spacial score (nSPS) is 15.5. The van der Waals surface area contributed by atoms with Crippen molar-refractivity contribution in [3.63, 3.8) is 0 Å². The number of morpholine rings is 1. The molecule has 1 N–H and O–H groups in total. The van der Waals surface area contributed by atoms with Gasteiger partial charge in [-0.15, -0.1) is 11.3 Å². The van der Waals surface area contributed by atoms with Crippen LogP contribution in [0.3, 0.4) is 0 Å². The van der Waals surface area contributed by atoms with E-state index in [-0.39, 0.29) is 16.7 Å². The average Bonchev–Trinajstić information content (AvgIpc) is 3.16. The zero-order chi connectivity index (χ0) is 19.4. The monoisotopic (exact) mass is 474 g/mol. The Morgan fingerprint density at radius 3 is 2.70 bits per heavy atom. The van der Waals surface area contributed by atoms with E-state index >= 15 is 0 Å². The first-order valence-electron chi connectivity index (χ1n) is 8.20. The average molecular weight is 475 g/mol. The second-order valence-corrected chi connectivity index (χ2v) is 9.96. The molecule has 0 radical (unpaired) electrons. The molecule has 0 spiro atoms. The lowest BCUT2D eigenvalue weighted by atomic mass is 10.2. The molecule has 1 aliphatic rings. The van der Waals surface area contributed by atoms with Crippen molar-refractivity contribution in [2.24, 2.45) is 0 Å². The molecule has 0 bridgehead atoms. The van der Waals surface area contributed by atoms with Crippen molar-refractivity contribution in [2.75, 3.05) is 33.4 Å². The summed E-state index contributed by atoms with van der Waals surface area (Å²) < 4.78 is 38.0. The Balaban J connectivity index is 1.64. The van der Waals surface area contributed by atoms with Crippen LogP contribution in [0.5, 0.6) is 5.75 Å². The predicted molar refractivity (Wildman–Crippen MR) is 106 cm³/mol. The maximum atomic E-state index is 12.6. The first-order chi connectivity index (χ1) is 12.9. The standard InChI is InChI=1S/C17H19BrN2O5S2/c1-24-15-4-2-12(10-14(15)18)17(21)19-11-13-3-5-16(26-13)27(22,23)20-6-8-25-9-7-20/h2-5,10H,6-9,11H2,1H3,(H,19,21). The highest BCUT2D eigenvalue weighted by molar-refractivity contribution is 9.10. The summed E-state index contributed by atoms with van der Waals surface area (Å²) >= 11 is 4.52. The molecule has 1 fully saturated rings. The van der Waals surface area contributed by atoms with Gasteiger partial charge in [0.15, 0.2) is 0 Å². The molecule has 2 aromatic rings. The molecule has 146 valence electrons. The van der Waals surface area contributed by atoms with E-state index in [0.717, 1.165) is 4.88 Å². The highest BCUT2D eigenvalue weighted by Crippen LogP contribution is 2.27. The summed E-state index contributed by atoms with van der Waals surface area (Å²) in [4.78, 5) is 13.1. The van der Waals surface area contributed by atoms with Gasteiger partial charge < -0.3 is 14.8 Å². The number of sulfonamides is 1. The number of benzene rings is 1. The molecule has 10 heteroatoms. The van der Waals surface area contributed by atoms with Crippen molar-refractivity contribution in [1.82, 2.24) is 9.62 Å². The van der Waals surface area contributed by atoms with Gasteiger partial charge in [-0.1, -0.05) is 0 Å². The Kier molecular flexibility index (Phi) is 6.53. The second-order valence-electron chi connectivity index (χ2n) is 5.77. The van der Waals surface area contributed by atoms with E-state index in [2.05, 4.69) is 21.2 Å². The summed E-state index contributed by atoms with van der Waals surface area (Å²) in [7, 11) is -1.95. The van der Waals surface area contributed by atoms with Crippen LogP contribution in [0, 0.1) is 0 Å². The number of hydrogen-bond donors (Lipinski definition) is 1. The number of ether oxygens (including phenoxy) is 2. The number of thiophene rings is 1. The summed E-state index contributed by atoms with van der Waals surface area (Å²) in [6.07, 6.45) is 0. The highest BCUT2D eigenvalue weighted by atomic mass is 79.9. The second kappa shape index (κ2) is 8.70. The van der Waals surface area contributed by atoms with Crippen LogP contribution in [0.15, 0.2) is 39.0 Å². The van der Waals surface area contributed by atoms with Gasteiger partial charge in [-0.05, 0) is 46.3 Å². The minimum atomic E-state index is -3.51. The Hall–Kier alpha value is -1.46. The van der Waals surface area contributed by atoms with E-state index in [9.17, 15) is 13.2 Å². The van der Waals surface area contributed by atoms with Crippen molar-refractivity contribution < 1.29 is 22.7 Å². The lowest BCUT2D eigenvalue weighted by molar-refractivity contribution is 0.0731. The fraction of sp³-hybridized carbons (Fsp3) is 0.353. The van der Waals surface area contributed by atoms with Gasteiger partial charge >= 0.3 is 0 Å². The molecule has 1 aromatic heterocycles. The molecule has 1 amide bonds. The number of nitrogens with one attached hydrogen (secondary N) is 1. The molecule has 27 heavy (non-hydrogen) atoms. The third-order valence-electron chi connectivity index (χ3n) is 4.04. The first kappa shape index (κ1) is 20.3. The van der Waals surface area contributed by atoms with Crippen LogP contribution in [-0.4, -0.2) is 52.0 Å². The Morgan fingerprint density at radius 1 is 1.30 bits per heavy atom. The van der Waals surface area contributed by atoms with Crippen LogP contribution in [0.1, 0.15) is 15.2 Å². The highest BCUT2D eigenvalue weighted by Gasteiger charge is 2.27. The van der Waals surface area contributed by atoms with Gasteiger partial charge in [-0.2, -0.15) is 4.31 Å². The van der Waals surface area contributed by atoms with Crippen LogP contribution in [0.25, 0.3) is 0 Å². The van der Waals surface area contributed by atoms with Crippen molar-refractivity contribution >= 4 is 43.2 Å².